The number of aryl methyl sites for hydroxylation is 1. The van der Waals surface area contributed by atoms with Gasteiger partial charge >= 0.3 is 12.2 Å². The minimum atomic E-state index is -4.49. The maximum atomic E-state index is 14.0. The molecule has 0 radical (unpaired) electrons. The SMILES string of the molecule is CS/C(=N\c1ccc(C(F)(F)F)cc1C)NC(=O)Nc1ccc(F)c(C#N)c1F. The zero-order valence-electron chi connectivity index (χ0n) is 15.0. The number of urea groups is 1. The van der Waals surface area contributed by atoms with Crippen LogP contribution < -0.4 is 10.6 Å². The molecule has 0 aromatic heterocycles. The van der Waals surface area contributed by atoms with E-state index in [9.17, 15) is 26.7 Å². The Balaban J connectivity index is 2.20. The molecule has 2 aromatic carbocycles. The molecular formula is C18H13F5N4OS. The van der Waals surface area contributed by atoms with Gasteiger partial charge in [0.2, 0.25) is 0 Å². The van der Waals surface area contributed by atoms with E-state index in [1.54, 1.807) is 6.26 Å². The van der Waals surface area contributed by atoms with Crippen LogP contribution in [0, 0.1) is 29.9 Å². The van der Waals surface area contributed by atoms with Gasteiger partial charge in [0, 0.05) is 0 Å². The van der Waals surface area contributed by atoms with Crippen molar-refractivity contribution in [1.29, 1.82) is 5.26 Å². The summed E-state index contributed by atoms with van der Waals surface area (Å²) in [5, 5.41) is 13.2. The van der Waals surface area contributed by atoms with E-state index in [2.05, 4.69) is 15.6 Å². The van der Waals surface area contributed by atoms with Crippen LogP contribution in [-0.4, -0.2) is 17.5 Å². The lowest BCUT2D eigenvalue weighted by Crippen LogP contribution is -2.32. The van der Waals surface area contributed by atoms with Crippen LogP contribution in [0.15, 0.2) is 35.3 Å². The molecular weight excluding hydrogens is 415 g/mol. The topological polar surface area (TPSA) is 77.3 Å². The number of alkyl halides is 3. The van der Waals surface area contributed by atoms with Gasteiger partial charge < -0.3 is 5.32 Å². The monoisotopic (exact) mass is 428 g/mol. The first-order valence-electron chi connectivity index (χ1n) is 7.83. The highest BCUT2D eigenvalue weighted by Gasteiger charge is 2.30. The number of hydrogen-bond donors (Lipinski definition) is 2. The summed E-state index contributed by atoms with van der Waals surface area (Å²) in [7, 11) is 0. The number of anilines is 1. The molecule has 11 heteroatoms. The van der Waals surface area contributed by atoms with Gasteiger partial charge in [-0.05, 0) is 49.1 Å². The summed E-state index contributed by atoms with van der Waals surface area (Å²) in [6.45, 7) is 1.43. The van der Waals surface area contributed by atoms with Gasteiger partial charge in [-0.15, -0.1) is 0 Å². The Bertz CT molecular complexity index is 1010. The van der Waals surface area contributed by atoms with Gasteiger partial charge in [0.25, 0.3) is 0 Å². The van der Waals surface area contributed by atoms with E-state index in [0.29, 0.717) is 0 Å². The van der Waals surface area contributed by atoms with Gasteiger partial charge in [-0.25, -0.2) is 18.6 Å². The third kappa shape index (κ3) is 5.45. The third-order valence-electron chi connectivity index (χ3n) is 3.61. The molecule has 2 N–H and O–H groups in total. The van der Waals surface area contributed by atoms with Gasteiger partial charge in [0.05, 0.1) is 16.9 Å². The van der Waals surface area contributed by atoms with E-state index in [4.69, 9.17) is 5.26 Å². The van der Waals surface area contributed by atoms with Crippen LogP contribution >= 0.6 is 11.8 Å². The fourth-order valence-corrected chi connectivity index (χ4v) is 2.58. The molecule has 0 saturated heterocycles. The van der Waals surface area contributed by atoms with E-state index >= 15 is 0 Å². The third-order valence-corrected chi connectivity index (χ3v) is 4.19. The number of nitriles is 1. The molecule has 0 bridgehead atoms. The molecule has 2 amide bonds. The molecule has 2 rings (SSSR count). The Morgan fingerprint density at radius 2 is 1.90 bits per heavy atom. The summed E-state index contributed by atoms with van der Waals surface area (Å²) >= 11 is 0.986. The Hall–Kier alpha value is -3.13. The summed E-state index contributed by atoms with van der Waals surface area (Å²) in [5.41, 5.74) is -1.67. The first kappa shape index (κ1) is 22.2. The fourth-order valence-electron chi connectivity index (χ4n) is 2.19. The van der Waals surface area contributed by atoms with Crippen molar-refractivity contribution in [2.24, 2.45) is 4.99 Å². The summed E-state index contributed by atoms with van der Waals surface area (Å²) in [5.74, 6) is -2.30. The van der Waals surface area contributed by atoms with Crippen LogP contribution in [0.4, 0.5) is 38.1 Å². The van der Waals surface area contributed by atoms with Crippen molar-refractivity contribution in [3.63, 3.8) is 0 Å². The molecule has 152 valence electrons. The first-order chi connectivity index (χ1) is 13.6. The van der Waals surface area contributed by atoms with Crippen LogP contribution in [-0.2, 0) is 6.18 Å². The van der Waals surface area contributed by atoms with E-state index in [-0.39, 0.29) is 16.4 Å². The molecule has 0 fully saturated rings. The number of thioether (sulfide) groups is 1. The Morgan fingerprint density at radius 1 is 1.21 bits per heavy atom. The van der Waals surface area contributed by atoms with Crippen molar-refractivity contribution in [1.82, 2.24) is 5.32 Å². The summed E-state index contributed by atoms with van der Waals surface area (Å²) in [6.07, 6.45) is -2.93. The lowest BCUT2D eigenvalue weighted by atomic mass is 10.1. The fraction of sp³-hybridized carbons (Fsp3) is 0.167. The lowest BCUT2D eigenvalue weighted by molar-refractivity contribution is -0.137. The number of nitrogens with one attached hydrogen (secondary N) is 2. The molecule has 2 aromatic rings. The zero-order valence-corrected chi connectivity index (χ0v) is 15.8. The van der Waals surface area contributed by atoms with Crippen LogP contribution in [0.5, 0.6) is 0 Å². The maximum Gasteiger partial charge on any atom is 0.416 e. The Morgan fingerprint density at radius 3 is 2.45 bits per heavy atom. The second-order valence-electron chi connectivity index (χ2n) is 5.59. The second-order valence-corrected chi connectivity index (χ2v) is 6.39. The predicted molar refractivity (Wildman–Crippen MR) is 100 cm³/mol. The number of carbonyl (C=O) groups is 1. The number of rotatable bonds is 2. The van der Waals surface area contributed by atoms with Crippen molar-refractivity contribution < 1.29 is 26.7 Å². The number of amidine groups is 1. The summed E-state index contributed by atoms with van der Waals surface area (Å²) in [4.78, 5) is 16.2. The average Bonchev–Trinajstić information content (AvgIpc) is 2.64. The van der Waals surface area contributed by atoms with Crippen molar-refractivity contribution in [3.8, 4) is 6.07 Å². The van der Waals surface area contributed by atoms with Crippen LogP contribution in [0.3, 0.4) is 0 Å². The minimum Gasteiger partial charge on any atom is -0.305 e. The maximum absolute atomic E-state index is 14.0. The van der Waals surface area contributed by atoms with Gasteiger partial charge in [-0.3, -0.25) is 5.32 Å². The molecule has 0 aliphatic carbocycles. The van der Waals surface area contributed by atoms with E-state index in [0.717, 1.165) is 42.1 Å². The average molecular weight is 428 g/mol. The van der Waals surface area contributed by atoms with Crippen molar-refractivity contribution in [2.75, 3.05) is 11.6 Å². The molecule has 5 nitrogen and oxygen atoms in total. The molecule has 0 aliphatic heterocycles. The second kappa shape index (κ2) is 8.91. The molecule has 0 atom stereocenters. The summed E-state index contributed by atoms with van der Waals surface area (Å²) < 4.78 is 65.6. The zero-order chi connectivity index (χ0) is 21.8. The van der Waals surface area contributed by atoms with Crippen LogP contribution in [0.25, 0.3) is 0 Å². The molecule has 29 heavy (non-hydrogen) atoms. The molecule has 0 heterocycles. The smallest absolute Gasteiger partial charge is 0.305 e. The highest BCUT2D eigenvalue weighted by Crippen LogP contribution is 2.32. The van der Waals surface area contributed by atoms with E-state index in [1.165, 1.54) is 13.0 Å². The van der Waals surface area contributed by atoms with E-state index < -0.39 is 40.7 Å². The highest BCUT2D eigenvalue weighted by molar-refractivity contribution is 8.13. The van der Waals surface area contributed by atoms with E-state index in [1.807, 2.05) is 0 Å². The first-order valence-corrected chi connectivity index (χ1v) is 9.06. The van der Waals surface area contributed by atoms with Gasteiger partial charge in [-0.1, -0.05) is 11.8 Å². The number of halogens is 5. The molecule has 0 spiro atoms. The minimum absolute atomic E-state index is 0.0217. The van der Waals surface area contributed by atoms with Gasteiger partial charge in [0.1, 0.15) is 17.4 Å². The number of amides is 2. The van der Waals surface area contributed by atoms with Crippen molar-refractivity contribution in [2.45, 2.75) is 13.1 Å². The summed E-state index contributed by atoms with van der Waals surface area (Å²) in [6, 6.07) is 5.14. The normalized spacial score (nSPS) is 11.7. The largest absolute Gasteiger partial charge is 0.416 e. The standard InChI is InChI=1S/C18H13F5N4OS/c1-9-7-10(18(21,22)23)3-5-13(9)26-17(29-2)27-16(28)25-14-6-4-12(19)11(8-24)15(14)20/h3-7H,1-2H3,(H2,25,26,27,28). The van der Waals surface area contributed by atoms with Crippen LogP contribution in [0.2, 0.25) is 0 Å². The Labute approximate surface area is 166 Å². The quantitative estimate of drug-likeness (QED) is 0.385. The lowest BCUT2D eigenvalue weighted by Gasteiger charge is -2.11. The number of benzene rings is 2. The van der Waals surface area contributed by atoms with Crippen molar-refractivity contribution in [3.05, 3.63) is 58.7 Å². The molecule has 0 saturated carbocycles. The number of carbonyl (C=O) groups excluding carboxylic acids is 1. The predicted octanol–water partition coefficient (Wildman–Crippen LogP) is 5.34. The number of aliphatic imine (C=N–C) groups is 1. The Kier molecular flexibility index (Phi) is 6.81. The van der Waals surface area contributed by atoms with Crippen LogP contribution in [0.1, 0.15) is 16.7 Å². The highest BCUT2D eigenvalue weighted by atomic mass is 32.2. The number of hydrogen-bond acceptors (Lipinski definition) is 4. The molecule has 0 unspecified atom stereocenters. The number of nitrogens with zero attached hydrogens (tertiary/aromatic N) is 2. The molecule has 0 aliphatic rings. The van der Waals surface area contributed by atoms with Gasteiger partial charge in [0.15, 0.2) is 11.0 Å². The van der Waals surface area contributed by atoms with Gasteiger partial charge in [-0.2, -0.15) is 18.4 Å². The van der Waals surface area contributed by atoms with Crippen molar-refractivity contribution >= 4 is 34.3 Å².